The number of hydrogen-bond donors (Lipinski definition) is 0. The lowest BCUT2D eigenvalue weighted by atomic mass is 9.97. The van der Waals surface area contributed by atoms with Crippen LogP contribution >= 0.6 is 0 Å². The molecule has 1 aliphatic heterocycles. The Morgan fingerprint density at radius 2 is 1.71 bits per heavy atom. The minimum absolute atomic E-state index is 0.0956. The molecule has 4 nitrogen and oxygen atoms in total. The normalized spacial score (nSPS) is 14.1. The lowest BCUT2D eigenvalue weighted by molar-refractivity contribution is 0.103. The molecule has 0 radical (unpaired) electrons. The van der Waals surface area contributed by atoms with Crippen molar-refractivity contribution in [1.82, 2.24) is 0 Å². The second-order valence-corrected chi connectivity index (χ2v) is 10.5. The Labute approximate surface area is 229 Å². The van der Waals surface area contributed by atoms with E-state index >= 15 is 0 Å². The van der Waals surface area contributed by atoms with Gasteiger partial charge in [-0.15, -0.1) is 0 Å². The van der Waals surface area contributed by atoms with Gasteiger partial charge in [0.2, 0.25) is 0 Å². The third-order valence-electron chi connectivity index (χ3n) is 6.65. The zero-order valence-corrected chi connectivity index (χ0v) is 24.1. The molecule has 2 aromatic rings. The van der Waals surface area contributed by atoms with Crippen molar-refractivity contribution in [2.24, 2.45) is 0 Å². The molecule has 0 fully saturated rings. The Kier molecular flexibility index (Phi) is 10.2. The summed E-state index contributed by atoms with van der Waals surface area (Å²) in [5.41, 5.74) is 5.64. The maximum absolute atomic E-state index is 13.3. The Hall–Kier alpha value is -3.53. The molecule has 3 rings (SSSR count). The average molecular weight is 514 g/mol. The van der Waals surface area contributed by atoms with E-state index in [1.54, 1.807) is 6.08 Å². The molecule has 38 heavy (non-hydrogen) atoms. The fourth-order valence-electron chi connectivity index (χ4n) is 4.36. The van der Waals surface area contributed by atoms with Crippen LogP contribution in [0.5, 0.6) is 11.5 Å². The first-order valence-electron chi connectivity index (χ1n) is 13.7. The van der Waals surface area contributed by atoms with Gasteiger partial charge < -0.3 is 14.4 Å². The van der Waals surface area contributed by atoms with Gasteiger partial charge in [0, 0.05) is 18.8 Å². The Morgan fingerprint density at radius 3 is 2.37 bits per heavy atom. The number of carbonyl (C=O) groups excluding carboxylic acids is 1. The summed E-state index contributed by atoms with van der Waals surface area (Å²) in [6, 6.07) is 12.0. The molecule has 0 bridgehead atoms. The predicted octanol–water partition coefficient (Wildman–Crippen LogP) is 8.68. The zero-order valence-electron chi connectivity index (χ0n) is 24.1. The monoisotopic (exact) mass is 513 g/mol. The van der Waals surface area contributed by atoms with Crippen LogP contribution in [-0.2, 0) is 0 Å². The summed E-state index contributed by atoms with van der Waals surface area (Å²) in [5, 5.41) is 0. The van der Waals surface area contributed by atoms with Gasteiger partial charge in [-0.3, -0.25) is 4.79 Å². The first-order chi connectivity index (χ1) is 18.1. The van der Waals surface area contributed by atoms with Crippen molar-refractivity contribution in [2.45, 2.75) is 66.9 Å². The van der Waals surface area contributed by atoms with Crippen LogP contribution in [0, 0.1) is 0 Å². The summed E-state index contributed by atoms with van der Waals surface area (Å²) < 4.78 is 12.4. The van der Waals surface area contributed by atoms with Gasteiger partial charge in [0.25, 0.3) is 0 Å². The standard InChI is InChI=1S/C34H43NO3/c1-8-35(9-2)28-16-13-27(14-17-28)15-19-31(36)29-18-20-32(30-21-23-34(6,7)38-33(29)30)37-24-22-26(5)12-10-11-25(3)4/h11,13-23H,8-10,12,24H2,1-7H3/b19-15+,26-22+. The van der Waals surface area contributed by atoms with E-state index in [0.29, 0.717) is 23.7 Å². The summed E-state index contributed by atoms with van der Waals surface area (Å²) in [4.78, 5) is 15.6. The van der Waals surface area contributed by atoms with Gasteiger partial charge in [-0.25, -0.2) is 0 Å². The summed E-state index contributed by atoms with van der Waals surface area (Å²) in [6.45, 7) is 17.0. The maximum atomic E-state index is 13.3. The second-order valence-electron chi connectivity index (χ2n) is 10.5. The molecule has 202 valence electrons. The average Bonchev–Trinajstić information content (AvgIpc) is 2.88. The van der Waals surface area contributed by atoms with Crippen molar-refractivity contribution in [1.29, 1.82) is 0 Å². The van der Waals surface area contributed by atoms with Crippen molar-refractivity contribution >= 4 is 23.6 Å². The number of rotatable bonds is 12. The molecule has 1 aliphatic rings. The minimum Gasteiger partial charge on any atom is -0.489 e. The number of anilines is 1. The number of nitrogens with zero attached hydrogens (tertiary/aromatic N) is 1. The summed E-state index contributed by atoms with van der Waals surface area (Å²) in [5.74, 6) is 1.19. The van der Waals surface area contributed by atoms with Crippen LogP contribution in [0.3, 0.4) is 0 Å². The fraction of sp³-hybridized carbons (Fsp3) is 0.382. The van der Waals surface area contributed by atoms with Crippen molar-refractivity contribution in [3.63, 3.8) is 0 Å². The second kappa shape index (κ2) is 13.3. The van der Waals surface area contributed by atoms with Crippen molar-refractivity contribution < 1.29 is 14.3 Å². The molecule has 0 saturated carbocycles. The van der Waals surface area contributed by atoms with Crippen molar-refractivity contribution in [2.75, 3.05) is 24.6 Å². The molecule has 0 N–H and O–H groups in total. The number of ketones is 1. The van der Waals surface area contributed by atoms with Crippen LogP contribution in [0.2, 0.25) is 0 Å². The van der Waals surface area contributed by atoms with Gasteiger partial charge in [-0.05, 0) is 115 Å². The molecular formula is C34H43NO3. The van der Waals surface area contributed by atoms with E-state index in [2.05, 4.69) is 63.8 Å². The quantitative estimate of drug-likeness (QED) is 0.162. The highest BCUT2D eigenvalue weighted by atomic mass is 16.5. The number of carbonyl (C=O) groups is 1. The molecule has 0 spiro atoms. The fourth-order valence-corrected chi connectivity index (χ4v) is 4.36. The van der Waals surface area contributed by atoms with Crippen LogP contribution in [0.15, 0.2) is 71.8 Å². The lowest BCUT2D eigenvalue weighted by Crippen LogP contribution is -2.28. The van der Waals surface area contributed by atoms with Gasteiger partial charge in [-0.1, -0.05) is 35.4 Å². The molecular weight excluding hydrogens is 470 g/mol. The van der Waals surface area contributed by atoms with Crippen LogP contribution in [0.4, 0.5) is 5.69 Å². The Morgan fingerprint density at radius 1 is 1.00 bits per heavy atom. The summed E-state index contributed by atoms with van der Waals surface area (Å²) >= 11 is 0. The number of benzene rings is 2. The lowest BCUT2D eigenvalue weighted by Gasteiger charge is -2.30. The van der Waals surface area contributed by atoms with Crippen molar-refractivity contribution in [3.05, 3.63) is 88.5 Å². The Bertz CT molecular complexity index is 1220. The topological polar surface area (TPSA) is 38.8 Å². The van der Waals surface area contributed by atoms with Gasteiger partial charge >= 0.3 is 0 Å². The van der Waals surface area contributed by atoms with Gasteiger partial charge in [0.1, 0.15) is 23.7 Å². The molecule has 0 aromatic heterocycles. The molecule has 0 saturated heterocycles. The molecule has 0 aliphatic carbocycles. The Balaban J connectivity index is 1.77. The molecule has 2 aromatic carbocycles. The number of ether oxygens (including phenoxy) is 2. The van der Waals surface area contributed by atoms with E-state index in [1.807, 2.05) is 56.3 Å². The van der Waals surface area contributed by atoms with E-state index in [1.165, 1.54) is 16.8 Å². The summed E-state index contributed by atoms with van der Waals surface area (Å²) in [6.07, 6.45) is 13.9. The third-order valence-corrected chi connectivity index (χ3v) is 6.65. The first-order valence-corrected chi connectivity index (χ1v) is 13.7. The van der Waals surface area contributed by atoms with Crippen molar-refractivity contribution in [3.8, 4) is 11.5 Å². The van der Waals surface area contributed by atoms with E-state index in [4.69, 9.17) is 9.47 Å². The predicted molar refractivity (Wildman–Crippen MR) is 161 cm³/mol. The zero-order chi connectivity index (χ0) is 27.7. The van der Waals surface area contributed by atoms with E-state index < -0.39 is 5.60 Å². The van der Waals surface area contributed by atoms with Crippen LogP contribution in [0.1, 0.15) is 82.8 Å². The number of fused-ring (bicyclic) bond motifs is 1. The minimum atomic E-state index is -0.508. The van der Waals surface area contributed by atoms with E-state index in [9.17, 15) is 4.79 Å². The largest absolute Gasteiger partial charge is 0.489 e. The third kappa shape index (κ3) is 7.98. The SMILES string of the molecule is CCN(CC)c1ccc(/C=C/C(=O)c2ccc(OC/C=C(\C)CCC=C(C)C)c3c2OC(C)(C)C=C3)cc1. The molecule has 1 heterocycles. The number of allylic oxidation sites excluding steroid dienone is 4. The number of hydrogen-bond acceptors (Lipinski definition) is 4. The molecule has 0 amide bonds. The summed E-state index contributed by atoms with van der Waals surface area (Å²) in [7, 11) is 0. The maximum Gasteiger partial charge on any atom is 0.189 e. The highest BCUT2D eigenvalue weighted by molar-refractivity contribution is 6.09. The van der Waals surface area contributed by atoms with Gasteiger partial charge in [0.15, 0.2) is 5.78 Å². The molecule has 4 heteroatoms. The molecule has 0 atom stereocenters. The van der Waals surface area contributed by atoms with E-state index in [0.717, 1.165) is 37.1 Å². The highest BCUT2D eigenvalue weighted by Gasteiger charge is 2.28. The van der Waals surface area contributed by atoms with Crippen LogP contribution < -0.4 is 14.4 Å². The van der Waals surface area contributed by atoms with Crippen LogP contribution in [0.25, 0.3) is 12.2 Å². The van der Waals surface area contributed by atoms with Gasteiger partial charge in [-0.2, -0.15) is 0 Å². The smallest absolute Gasteiger partial charge is 0.189 e. The highest BCUT2D eigenvalue weighted by Crippen LogP contribution is 2.40. The van der Waals surface area contributed by atoms with Crippen LogP contribution in [-0.4, -0.2) is 31.1 Å². The molecule has 0 unspecified atom stereocenters. The first kappa shape index (κ1) is 29.0. The van der Waals surface area contributed by atoms with Gasteiger partial charge in [0.05, 0.1) is 11.1 Å². The van der Waals surface area contributed by atoms with E-state index in [-0.39, 0.29) is 5.78 Å².